The van der Waals surface area contributed by atoms with Gasteiger partial charge in [0.25, 0.3) is 8.32 Å². The van der Waals surface area contributed by atoms with E-state index in [0.717, 1.165) is 25.4 Å². The Morgan fingerprint density at radius 1 is 0.792 bits per heavy atom. The normalized spacial score (nSPS) is 14.3. The lowest BCUT2D eigenvalue weighted by Gasteiger charge is -2.37. The molecule has 2 aromatic carbocycles. The highest BCUT2D eigenvalue weighted by Crippen LogP contribution is 2.27. The van der Waals surface area contributed by atoms with E-state index in [0.29, 0.717) is 5.54 Å². The molecule has 0 amide bonds. The van der Waals surface area contributed by atoms with E-state index in [1.807, 2.05) is 0 Å². The van der Waals surface area contributed by atoms with E-state index < -0.39 is 8.32 Å². The molecule has 2 heteroatoms. The largest absolute Gasteiger partial charge is 0.408 e. The third-order valence-corrected chi connectivity index (χ3v) is 10.2. The fourth-order valence-corrected chi connectivity index (χ4v) is 7.81. The van der Waals surface area contributed by atoms with E-state index in [1.165, 1.54) is 16.8 Å². The van der Waals surface area contributed by atoms with Gasteiger partial charge in [0, 0.05) is 6.61 Å². The van der Waals surface area contributed by atoms with Crippen molar-refractivity contribution < 1.29 is 4.43 Å². The highest BCUT2D eigenvalue weighted by Gasteiger charge is 2.44. The predicted octanol–water partition coefficient (Wildman–Crippen LogP) is 5.00. The molecule has 2 aromatic rings. The van der Waals surface area contributed by atoms with Gasteiger partial charge in [-0.05, 0) is 28.3 Å². The summed E-state index contributed by atoms with van der Waals surface area (Å²) in [6.07, 6.45) is 3.50. The van der Waals surface area contributed by atoms with E-state index in [4.69, 9.17) is 4.43 Å². The second kappa shape index (κ2) is 9.19. The lowest BCUT2D eigenvalue weighted by molar-refractivity contribution is 0.273. The van der Waals surface area contributed by atoms with E-state index in [-0.39, 0.29) is 0 Å². The van der Waals surface area contributed by atoms with Crippen molar-refractivity contribution in [2.45, 2.75) is 52.5 Å². The Morgan fingerprint density at radius 2 is 1.29 bits per heavy atom. The van der Waals surface area contributed by atoms with Crippen LogP contribution in [0.3, 0.4) is 0 Å². The maximum Gasteiger partial charge on any atom is 0.258 e. The van der Waals surface area contributed by atoms with Crippen LogP contribution in [0.15, 0.2) is 60.7 Å². The van der Waals surface area contributed by atoms with Gasteiger partial charge in [-0.15, -0.1) is 0 Å². The zero-order chi connectivity index (χ0) is 17.4. The average molecular weight is 341 g/mol. The van der Waals surface area contributed by atoms with Crippen molar-refractivity contribution in [1.29, 1.82) is 0 Å². The summed E-state index contributed by atoms with van der Waals surface area (Å²) in [7, 11) is -2.23. The van der Waals surface area contributed by atoms with Crippen molar-refractivity contribution in [3.05, 3.63) is 60.7 Å². The molecule has 0 saturated heterocycles. The predicted molar refractivity (Wildman–Crippen MR) is 108 cm³/mol. The Kier molecular flexibility index (Phi) is 7.26. The van der Waals surface area contributed by atoms with Crippen LogP contribution in [-0.2, 0) is 4.43 Å². The van der Waals surface area contributed by atoms with E-state index in [2.05, 4.69) is 88.4 Å². The molecule has 0 aliphatic rings. The highest BCUT2D eigenvalue weighted by atomic mass is 28.4. The molecule has 1 nitrogen and oxygen atoms in total. The van der Waals surface area contributed by atoms with Crippen LogP contribution in [0.4, 0.5) is 0 Å². The van der Waals surface area contributed by atoms with Gasteiger partial charge in [0.05, 0.1) is 0 Å². The van der Waals surface area contributed by atoms with E-state index >= 15 is 0 Å². The Labute approximate surface area is 149 Å². The van der Waals surface area contributed by atoms with Gasteiger partial charge in [0.15, 0.2) is 0 Å². The Hall–Kier alpha value is -1.38. The topological polar surface area (TPSA) is 9.23 Å². The minimum atomic E-state index is -2.23. The summed E-state index contributed by atoms with van der Waals surface area (Å²) in [5, 5.41) is 2.80. The van der Waals surface area contributed by atoms with E-state index in [1.54, 1.807) is 0 Å². The molecule has 2 rings (SSSR count). The number of hydrogen-bond donors (Lipinski definition) is 0. The molecule has 0 aliphatic carbocycles. The second-order valence-electron chi connectivity index (χ2n) is 6.93. The van der Waals surface area contributed by atoms with Gasteiger partial charge < -0.3 is 4.43 Å². The third kappa shape index (κ3) is 4.17. The zero-order valence-corrected chi connectivity index (χ0v) is 16.7. The monoisotopic (exact) mass is 340 g/mol. The number of hydrogen-bond acceptors (Lipinski definition) is 1. The third-order valence-electron chi connectivity index (χ3n) is 5.35. The molecular weight excluding hydrogens is 308 g/mol. The molecule has 0 aromatic heterocycles. The van der Waals surface area contributed by atoms with Gasteiger partial charge in [-0.25, -0.2) is 0 Å². The van der Waals surface area contributed by atoms with Crippen molar-refractivity contribution in [1.82, 2.24) is 0 Å². The van der Waals surface area contributed by atoms with Crippen molar-refractivity contribution in [2.75, 3.05) is 6.61 Å². The number of rotatable bonds is 9. The van der Waals surface area contributed by atoms with Crippen LogP contribution in [0.2, 0.25) is 5.54 Å². The summed E-state index contributed by atoms with van der Waals surface area (Å²) in [6, 6.07) is 21.9. The molecule has 0 saturated carbocycles. The molecular formula is C22H32OSi. The summed E-state index contributed by atoms with van der Waals surface area (Å²) in [6.45, 7) is 10.1. The summed E-state index contributed by atoms with van der Waals surface area (Å²) in [4.78, 5) is 0. The van der Waals surface area contributed by atoms with E-state index in [9.17, 15) is 0 Å². The lowest BCUT2D eigenvalue weighted by Crippen LogP contribution is -2.63. The smallest absolute Gasteiger partial charge is 0.258 e. The quantitative estimate of drug-likeness (QED) is 0.584. The van der Waals surface area contributed by atoms with Crippen molar-refractivity contribution in [3.8, 4) is 0 Å². The molecule has 2 unspecified atom stereocenters. The second-order valence-corrected chi connectivity index (χ2v) is 10.8. The fourth-order valence-electron chi connectivity index (χ4n) is 3.33. The first-order chi connectivity index (χ1) is 11.6. The average Bonchev–Trinajstić information content (AvgIpc) is 2.66. The summed E-state index contributed by atoms with van der Waals surface area (Å²) in [5.74, 6) is 0.722. The van der Waals surface area contributed by atoms with Crippen LogP contribution in [0.1, 0.15) is 47.0 Å². The Morgan fingerprint density at radius 3 is 1.71 bits per heavy atom. The molecule has 24 heavy (non-hydrogen) atoms. The Balaban J connectivity index is 2.44. The first-order valence-electron chi connectivity index (χ1n) is 9.40. The standard InChI is InChI=1S/C22H32OSi/c1-5-19(3)17-18-23-24(20(4)6-2,21-13-9-7-10-14-21)22-15-11-8-12-16-22/h7-16,19-20H,5-6,17-18H2,1-4H3. The lowest BCUT2D eigenvalue weighted by atomic mass is 10.1. The fraction of sp³-hybridized carbons (Fsp3) is 0.455. The maximum absolute atomic E-state index is 6.87. The molecule has 0 radical (unpaired) electrons. The van der Waals surface area contributed by atoms with Crippen LogP contribution in [0, 0.1) is 5.92 Å². The molecule has 0 aliphatic heterocycles. The molecule has 0 spiro atoms. The van der Waals surface area contributed by atoms with Gasteiger partial charge in [-0.3, -0.25) is 0 Å². The minimum Gasteiger partial charge on any atom is -0.408 e. The van der Waals surface area contributed by atoms with Crippen LogP contribution < -0.4 is 10.4 Å². The number of benzene rings is 2. The SMILES string of the molecule is CCC(C)CCO[Si](c1ccccc1)(c1ccccc1)C(C)CC. The molecule has 0 fully saturated rings. The van der Waals surface area contributed by atoms with Crippen LogP contribution in [0.5, 0.6) is 0 Å². The van der Waals surface area contributed by atoms with Crippen molar-refractivity contribution >= 4 is 18.7 Å². The molecule has 130 valence electrons. The first kappa shape index (κ1) is 18.9. The molecule has 0 N–H and O–H groups in total. The van der Waals surface area contributed by atoms with Gasteiger partial charge in [-0.2, -0.15) is 0 Å². The first-order valence-corrected chi connectivity index (χ1v) is 11.4. The van der Waals surface area contributed by atoms with Gasteiger partial charge in [-0.1, -0.05) is 101 Å². The molecule has 0 heterocycles. The van der Waals surface area contributed by atoms with Crippen molar-refractivity contribution in [3.63, 3.8) is 0 Å². The minimum absolute atomic E-state index is 0.541. The van der Waals surface area contributed by atoms with Crippen LogP contribution >= 0.6 is 0 Å². The summed E-state index contributed by atoms with van der Waals surface area (Å²) in [5.41, 5.74) is 0.541. The highest BCUT2D eigenvalue weighted by molar-refractivity contribution is 6.98. The summed E-state index contributed by atoms with van der Waals surface area (Å²) >= 11 is 0. The van der Waals surface area contributed by atoms with Crippen molar-refractivity contribution in [2.24, 2.45) is 5.92 Å². The van der Waals surface area contributed by atoms with Gasteiger partial charge in [0.1, 0.15) is 0 Å². The van der Waals surface area contributed by atoms with Gasteiger partial charge in [0.2, 0.25) is 0 Å². The Bertz CT molecular complexity index is 542. The maximum atomic E-state index is 6.87. The molecule has 2 atom stereocenters. The van der Waals surface area contributed by atoms with Crippen LogP contribution in [-0.4, -0.2) is 14.9 Å². The molecule has 0 bridgehead atoms. The van der Waals surface area contributed by atoms with Gasteiger partial charge >= 0.3 is 0 Å². The van der Waals surface area contributed by atoms with Crippen LogP contribution in [0.25, 0.3) is 0 Å². The zero-order valence-electron chi connectivity index (χ0n) is 15.7. The summed E-state index contributed by atoms with van der Waals surface area (Å²) < 4.78 is 6.87.